The Morgan fingerprint density at radius 2 is 2.18 bits per heavy atom. The number of aromatic nitrogens is 4. The number of nitrogen functional groups attached to an aromatic ring is 1. The Labute approximate surface area is 189 Å². The van der Waals surface area contributed by atoms with E-state index in [0.29, 0.717) is 11.2 Å². The van der Waals surface area contributed by atoms with Crippen molar-refractivity contribution in [3.8, 4) is 5.88 Å². The van der Waals surface area contributed by atoms with Crippen molar-refractivity contribution in [3.63, 3.8) is 0 Å². The molecule has 2 aromatic rings. The Kier molecular flexibility index (Phi) is 7.88. The zero-order valence-electron chi connectivity index (χ0n) is 18.5. The lowest BCUT2D eigenvalue weighted by molar-refractivity contribution is -0.143. The van der Waals surface area contributed by atoms with Crippen molar-refractivity contribution in [3.05, 3.63) is 6.33 Å². The van der Waals surface area contributed by atoms with Crippen molar-refractivity contribution >= 4 is 30.9 Å². The van der Waals surface area contributed by atoms with Crippen molar-refractivity contribution in [1.82, 2.24) is 19.5 Å². The molecule has 0 radical (unpaired) electrons. The van der Waals surface area contributed by atoms with Crippen molar-refractivity contribution in [2.24, 2.45) is 0 Å². The van der Waals surface area contributed by atoms with Gasteiger partial charge in [0.1, 0.15) is 5.60 Å². The number of esters is 1. The second kappa shape index (κ2) is 10.3. The number of nitrogens with zero attached hydrogens (tertiary/aromatic N) is 4. The second-order valence-corrected chi connectivity index (χ2v) is 9.05. The third-order valence-corrected chi connectivity index (χ3v) is 5.84. The summed E-state index contributed by atoms with van der Waals surface area (Å²) in [7, 11) is -2.97. The number of imidazole rings is 1. The van der Waals surface area contributed by atoms with Crippen LogP contribution in [0.4, 0.5) is 5.95 Å². The first-order valence-corrected chi connectivity index (χ1v) is 11.7. The van der Waals surface area contributed by atoms with Gasteiger partial charge in [0, 0.05) is 12.8 Å². The number of hydrogen-bond donors (Lipinski definition) is 3. The third kappa shape index (κ3) is 6.16. The van der Waals surface area contributed by atoms with Gasteiger partial charge in [0.05, 0.1) is 39.4 Å². The van der Waals surface area contributed by atoms with E-state index in [1.807, 2.05) is 0 Å². The molecule has 1 saturated heterocycles. The standard InChI is InChI=1S/C18H28N5O9P/c1-4-29-12(24)6-5-7-30-33(26,27)31-9-11-8-18(2,25)16(32-11)23-10-20-13-14(23)21-17(19)22-15(13)28-3/h10-11,16,25H,4-9H2,1-3H3,(H,26,27)(H2,19,21,22). The summed E-state index contributed by atoms with van der Waals surface area (Å²) in [5.74, 6) is -0.283. The number of fused-ring (bicyclic) bond motifs is 1. The minimum Gasteiger partial charge on any atom is -0.479 e. The summed E-state index contributed by atoms with van der Waals surface area (Å²) in [6, 6.07) is 0. The van der Waals surface area contributed by atoms with Crippen LogP contribution in [0.25, 0.3) is 11.2 Å². The Hall–Kier alpha value is -2.35. The molecule has 0 amide bonds. The fourth-order valence-electron chi connectivity index (χ4n) is 3.47. The number of anilines is 1. The van der Waals surface area contributed by atoms with Gasteiger partial charge in [-0.15, -0.1) is 0 Å². The SMILES string of the molecule is CCOC(=O)CCCOP(=O)(O)OCC1CC(C)(O)C(n2cnc3c(OC)nc(N)nc32)O1. The molecular formula is C18H28N5O9P. The highest BCUT2D eigenvalue weighted by Gasteiger charge is 2.46. The number of carbonyl (C=O) groups excluding carboxylic acids is 1. The normalized spacial score (nSPS) is 24.6. The van der Waals surface area contributed by atoms with E-state index in [-0.39, 0.29) is 50.9 Å². The smallest absolute Gasteiger partial charge is 0.472 e. The largest absolute Gasteiger partial charge is 0.479 e. The van der Waals surface area contributed by atoms with E-state index in [4.69, 9.17) is 29.0 Å². The number of phosphoric ester groups is 1. The average molecular weight is 489 g/mol. The van der Waals surface area contributed by atoms with E-state index in [1.54, 1.807) is 13.8 Å². The summed E-state index contributed by atoms with van der Waals surface area (Å²) >= 11 is 0. The molecule has 0 bridgehead atoms. The molecule has 4 unspecified atom stereocenters. The molecule has 14 nitrogen and oxygen atoms in total. The lowest BCUT2D eigenvalue weighted by Gasteiger charge is -2.24. The van der Waals surface area contributed by atoms with Gasteiger partial charge < -0.3 is 29.9 Å². The first-order valence-electron chi connectivity index (χ1n) is 10.3. The van der Waals surface area contributed by atoms with E-state index in [2.05, 4.69) is 15.0 Å². The highest BCUT2D eigenvalue weighted by atomic mass is 31.2. The highest BCUT2D eigenvalue weighted by molar-refractivity contribution is 7.47. The summed E-state index contributed by atoms with van der Waals surface area (Å²) in [5, 5.41) is 10.9. The van der Waals surface area contributed by atoms with Gasteiger partial charge in [0.15, 0.2) is 17.4 Å². The zero-order valence-corrected chi connectivity index (χ0v) is 19.4. The molecule has 4 N–H and O–H groups in total. The van der Waals surface area contributed by atoms with Crippen LogP contribution < -0.4 is 10.5 Å². The molecule has 0 aromatic carbocycles. The van der Waals surface area contributed by atoms with Crippen LogP contribution >= 0.6 is 7.82 Å². The summed E-state index contributed by atoms with van der Waals surface area (Å²) in [6.45, 7) is 3.02. The van der Waals surface area contributed by atoms with Crippen LogP contribution in [0.5, 0.6) is 5.88 Å². The predicted molar refractivity (Wildman–Crippen MR) is 113 cm³/mol. The Bertz CT molecular complexity index is 1030. The van der Waals surface area contributed by atoms with Crippen LogP contribution in [0.15, 0.2) is 6.33 Å². The summed E-state index contributed by atoms with van der Waals surface area (Å²) < 4.78 is 39.3. The number of aliphatic hydroxyl groups is 1. The molecule has 3 heterocycles. The van der Waals surface area contributed by atoms with Gasteiger partial charge in [0.25, 0.3) is 0 Å². The number of nitrogens with two attached hydrogens (primary N) is 1. The minimum atomic E-state index is -4.38. The molecule has 1 aliphatic rings. The van der Waals surface area contributed by atoms with Gasteiger partial charge >= 0.3 is 13.8 Å². The van der Waals surface area contributed by atoms with Crippen LogP contribution in [-0.2, 0) is 27.9 Å². The van der Waals surface area contributed by atoms with E-state index in [9.17, 15) is 19.4 Å². The van der Waals surface area contributed by atoms with Crippen LogP contribution in [0.1, 0.15) is 39.3 Å². The highest BCUT2D eigenvalue weighted by Crippen LogP contribution is 2.46. The van der Waals surface area contributed by atoms with E-state index in [1.165, 1.54) is 18.0 Å². The quantitative estimate of drug-likeness (QED) is 0.230. The average Bonchev–Trinajstić information content (AvgIpc) is 3.29. The third-order valence-electron chi connectivity index (χ3n) is 4.86. The predicted octanol–water partition coefficient (Wildman–Crippen LogP) is 0.932. The molecule has 15 heteroatoms. The summed E-state index contributed by atoms with van der Waals surface area (Å²) in [4.78, 5) is 33.5. The maximum Gasteiger partial charge on any atom is 0.472 e. The van der Waals surface area contributed by atoms with Gasteiger partial charge in [-0.25, -0.2) is 9.55 Å². The van der Waals surface area contributed by atoms with Crippen LogP contribution in [0.3, 0.4) is 0 Å². The van der Waals surface area contributed by atoms with Crippen molar-refractivity contribution < 1.29 is 42.6 Å². The molecule has 3 rings (SSSR count). The first-order chi connectivity index (χ1) is 15.6. The van der Waals surface area contributed by atoms with Gasteiger partial charge in [-0.2, -0.15) is 9.97 Å². The summed E-state index contributed by atoms with van der Waals surface area (Å²) in [6.07, 6.45) is 0.101. The van der Waals surface area contributed by atoms with Crippen molar-refractivity contribution in [2.45, 2.75) is 51.0 Å². The summed E-state index contributed by atoms with van der Waals surface area (Å²) in [5.41, 5.74) is 4.98. The lowest BCUT2D eigenvalue weighted by Crippen LogP contribution is -2.32. The molecule has 33 heavy (non-hydrogen) atoms. The Morgan fingerprint density at radius 1 is 1.42 bits per heavy atom. The molecule has 1 fully saturated rings. The Morgan fingerprint density at radius 3 is 2.88 bits per heavy atom. The van der Waals surface area contributed by atoms with Gasteiger partial charge in [-0.05, 0) is 20.3 Å². The van der Waals surface area contributed by atoms with E-state index < -0.39 is 31.7 Å². The zero-order chi connectivity index (χ0) is 24.2. The fraction of sp³-hybridized carbons (Fsp3) is 0.667. The first kappa shape index (κ1) is 25.3. The second-order valence-electron chi connectivity index (χ2n) is 7.59. The number of carbonyl (C=O) groups is 1. The minimum absolute atomic E-state index is 0.0417. The molecule has 0 saturated carbocycles. The van der Waals surface area contributed by atoms with Crippen LogP contribution in [-0.4, -0.2) is 74.1 Å². The molecule has 184 valence electrons. The monoisotopic (exact) mass is 489 g/mol. The number of methoxy groups -OCH3 is 1. The van der Waals surface area contributed by atoms with Crippen LogP contribution in [0.2, 0.25) is 0 Å². The maximum absolute atomic E-state index is 12.1. The van der Waals surface area contributed by atoms with Gasteiger partial charge in [0.2, 0.25) is 11.8 Å². The molecule has 4 atom stereocenters. The fourth-order valence-corrected chi connectivity index (χ4v) is 4.26. The molecular weight excluding hydrogens is 461 g/mol. The maximum atomic E-state index is 12.1. The van der Waals surface area contributed by atoms with Gasteiger partial charge in [-0.1, -0.05) is 0 Å². The molecule has 2 aromatic heterocycles. The van der Waals surface area contributed by atoms with E-state index >= 15 is 0 Å². The lowest BCUT2D eigenvalue weighted by atomic mass is 10.0. The number of rotatable bonds is 11. The number of ether oxygens (including phenoxy) is 3. The van der Waals surface area contributed by atoms with Crippen molar-refractivity contribution in [2.75, 3.05) is 32.7 Å². The number of hydrogen-bond acceptors (Lipinski definition) is 12. The molecule has 0 spiro atoms. The van der Waals surface area contributed by atoms with Crippen molar-refractivity contribution in [1.29, 1.82) is 0 Å². The number of phosphoric acid groups is 1. The molecule has 1 aliphatic heterocycles. The van der Waals surface area contributed by atoms with E-state index in [0.717, 1.165) is 0 Å². The Balaban J connectivity index is 1.60. The van der Waals surface area contributed by atoms with Gasteiger partial charge in [-0.3, -0.25) is 18.4 Å². The molecule has 0 aliphatic carbocycles. The van der Waals surface area contributed by atoms with Crippen LogP contribution in [0, 0.1) is 0 Å². The topological polar surface area (TPSA) is 190 Å².